The van der Waals surface area contributed by atoms with E-state index < -0.39 is 0 Å². The Kier molecular flexibility index (Phi) is 11.0. The van der Waals surface area contributed by atoms with Gasteiger partial charge in [0.25, 0.3) is 0 Å². The van der Waals surface area contributed by atoms with Gasteiger partial charge in [-0.1, -0.05) is 6.58 Å². The summed E-state index contributed by atoms with van der Waals surface area (Å²) >= 11 is 17.4. The molecule has 0 aromatic carbocycles. The third-order valence-electron chi connectivity index (χ3n) is 7.66. The molecule has 14 heteroatoms. The average Bonchev–Trinajstić information content (AvgIpc) is 2.97. The number of hydrogen-bond acceptors (Lipinski definition) is 9. The molecule has 2 amide bonds. The number of anilines is 3. The van der Waals surface area contributed by atoms with Crippen molar-refractivity contribution in [3.8, 4) is 0 Å². The van der Waals surface area contributed by atoms with Crippen LogP contribution in [-0.2, 0) is 9.59 Å². The first-order valence-electron chi connectivity index (χ1n) is 13.6. The Bertz CT molecular complexity index is 857. The maximum absolute atomic E-state index is 11.9. The summed E-state index contributed by atoms with van der Waals surface area (Å²) in [5.74, 6) is 1.91. The van der Waals surface area contributed by atoms with Gasteiger partial charge in [-0.05, 0) is 38.5 Å². The minimum Gasteiger partial charge on any atom is -0.374 e. The molecule has 39 heavy (non-hydrogen) atoms. The second-order valence-corrected chi connectivity index (χ2v) is 11.1. The standard InChI is InChI=1S/C25H38Cl3N9O2/c1-17(14-26)35-8-2-18(3-9-35)29-23-32-24(30-19-4-10-36(11-5-19)21(38)15-27)34-25(33-23)31-20-6-12-37(13-7-20)22(39)16-28/h18-20H,1-16H2,(H3,29,30,31,32,33,34). The molecular formula is C25H38Cl3N9O2. The van der Waals surface area contributed by atoms with E-state index in [4.69, 9.17) is 44.8 Å². The van der Waals surface area contributed by atoms with Crippen molar-refractivity contribution in [3.05, 3.63) is 12.3 Å². The van der Waals surface area contributed by atoms with Crippen LogP contribution in [0.1, 0.15) is 38.5 Å². The topological polar surface area (TPSA) is 119 Å². The predicted molar refractivity (Wildman–Crippen MR) is 156 cm³/mol. The van der Waals surface area contributed by atoms with Crippen LogP contribution in [0.2, 0.25) is 0 Å². The molecule has 0 unspecified atom stereocenters. The van der Waals surface area contributed by atoms with E-state index in [9.17, 15) is 9.59 Å². The van der Waals surface area contributed by atoms with Crippen molar-refractivity contribution in [1.82, 2.24) is 29.7 Å². The van der Waals surface area contributed by atoms with Crippen molar-refractivity contribution in [3.63, 3.8) is 0 Å². The summed E-state index contributed by atoms with van der Waals surface area (Å²) in [6.45, 7) is 8.40. The first-order chi connectivity index (χ1) is 18.9. The van der Waals surface area contributed by atoms with Crippen molar-refractivity contribution in [1.29, 1.82) is 0 Å². The van der Waals surface area contributed by atoms with E-state index in [1.165, 1.54) is 0 Å². The van der Waals surface area contributed by atoms with E-state index in [1.807, 2.05) is 0 Å². The lowest BCUT2D eigenvalue weighted by Crippen LogP contribution is -2.43. The molecule has 0 spiro atoms. The Morgan fingerprint density at radius 2 is 0.923 bits per heavy atom. The van der Waals surface area contributed by atoms with E-state index in [0.717, 1.165) is 57.3 Å². The summed E-state index contributed by atoms with van der Waals surface area (Å²) in [4.78, 5) is 43.7. The number of alkyl halides is 3. The average molecular weight is 603 g/mol. The van der Waals surface area contributed by atoms with Crippen molar-refractivity contribution in [2.24, 2.45) is 0 Å². The molecular weight excluding hydrogens is 565 g/mol. The zero-order valence-corrected chi connectivity index (χ0v) is 24.4. The number of carbonyl (C=O) groups is 2. The summed E-state index contributed by atoms with van der Waals surface area (Å²) in [5.41, 5.74) is 0.950. The normalized spacial score (nSPS) is 19.6. The molecule has 4 rings (SSSR count). The number of rotatable bonds is 10. The third kappa shape index (κ3) is 8.38. The molecule has 0 atom stereocenters. The van der Waals surface area contributed by atoms with Gasteiger partial charge in [0.05, 0.1) is 5.88 Å². The largest absolute Gasteiger partial charge is 0.374 e. The number of nitrogens with one attached hydrogen (secondary N) is 3. The van der Waals surface area contributed by atoms with Gasteiger partial charge in [-0.25, -0.2) is 0 Å². The maximum Gasteiger partial charge on any atom is 0.237 e. The first-order valence-corrected chi connectivity index (χ1v) is 15.2. The summed E-state index contributed by atoms with van der Waals surface area (Å²) in [6, 6.07) is 0.506. The number of hydrogen-bond donors (Lipinski definition) is 3. The number of likely N-dealkylation sites (tertiary alicyclic amines) is 3. The fourth-order valence-electron chi connectivity index (χ4n) is 5.26. The molecule has 11 nitrogen and oxygen atoms in total. The number of halogens is 3. The number of amides is 2. The molecule has 0 saturated carbocycles. The molecule has 3 aliphatic heterocycles. The highest BCUT2D eigenvalue weighted by Gasteiger charge is 2.26. The van der Waals surface area contributed by atoms with Gasteiger partial charge >= 0.3 is 0 Å². The monoisotopic (exact) mass is 601 g/mol. The van der Waals surface area contributed by atoms with E-state index in [2.05, 4.69) is 32.4 Å². The van der Waals surface area contributed by atoms with Gasteiger partial charge in [-0.15, -0.1) is 34.8 Å². The molecule has 1 aromatic heterocycles. The van der Waals surface area contributed by atoms with Gasteiger partial charge in [0.15, 0.2) is 0 Å². The van der Waals surface area contributed by atoms with Crippen molar-refractivity contribution < 1.29 is 9.59 Å². The number of allylic oxidation sites excluding steroid dienone is 1. The molecule has 1 aromatic rings. The van der Waals surface area contributed by atoms with Crippen LogP contribution in [0.25, 0.3) is 0 Å². The van der Waals surface area contributed by atoms with Gasteiger partial charge in [-0.3, -0.25) is 9.59 Å². The van der Waals surface area contributed by atoms with Gasteiger partial charge in [0, 0.05) is 63.1 Å². The summed E-state index contributed by atoms with van der Waals surface area (Å²) in [7, 11) is 0. The highest BCUT2D eigenvalue weighted by molar-refractivity contribution is 6.27. The van der Waals surface area contributed by atoms with Gasteiger partial charge in [0.2, 0.25) is 29.7 Å². The van der Waals surface area contributed by atoms with Crippen LogP contribution in [-0.4, -0.2) is 117 Å². The van der Waals surface area contributed by atoms with Crippen LogP contribution in [0.5, 0.6) is 0 Å². The van der Waals surface area contributed by atoms with E-state index in [0.29, 0.717) is 49.9 Å². The highest BCUT2D eigenvalue weighted by Crippen LogP contribution is 2.22. The Morgan fingerprint density at radius 1 is 0.615 bits per heavy atom. The lowest BCUT2D eigenvalue weighted by atomic mass is 10.0. The quantitative estimate of drug-likeness (QED) is 0.348. The minimum absolute atomic E-state index is 0.00744. The lowest BCUT2D eigenvalue weighted by molar-refractivity contribution is -0.130. The fourth-order valence-corrected chi connectivity index (χ4v) is 5.76. The van der Waals surface area contributed by atoms with Crippen LogP contribution in [0.4, 0.5) is 17.8 Å². The Balaban J connectivity index is 1.41. The van der Waals surface area contributed by atoms with Crippen molar-refractivity contribution in [2.75, 3.05) is 72.9 Å². The van der Waals surface area contributed by atoms with Crippen LogP contribution < -0.4 is 16.0 Å². The number of carbonyl (C=O) groups excluding carboxylic acids is 2. The number of aromatic nitrogens is 3. The van der Waals surface area contributed by atoms with Crippen LogP contribution in [0.15, 0.2) is 12.3 Å². The molecule has 3 fully saturated rings. The molecule has 3 saturated heterocycles. The number of nitrogens with zero attached hydrogens (tertiary/aromatic N) is 6. The molecule has 0 bridgehead atoms. The van der Waals surface area contributed by atoms with Crippen LogP contribution >= 0.6 is 34.8 Å². The third-order valence-corrected chi connectivity index (χ3v) is 8.42. The molecule has 3 N–H and O–H groups in total. The Morgan fingerprint density at radius 3 is 1.21 bits per heavy atom. The molecule has 0 aliphatic carbocycles. The first kappa shape index (κ1) is 29.7. The second kappa shape index (κ2) is 14.4. The molecule has 3 aliphatic rings. The predicted octanol–water partition coefficient (Wildman–Crippen LogP) is 2.78. The van der Waals surface area contributed by atoms with Crippen LogP contribution in [0.3, 0.4) is 0 Å². The van der Waals surface area contributed by atoms with E-state index >= 15 is 0 Å². The lowest BCUT2D eigenvalue weighted by Gasteiger charge is -2.35. The summed E-state index contributed by atoms with van der Waals surface area (Å²) in [5, 5.41) is 10.4. The number of piperidine rings is 3. The Hall–Kier alpha value is -2.24. The van der Waals surface area contributed by atoms with E-state index in [-0.39, 0.29) is 41.7 Å². The smallest absolute Gasteiger partial charge is 0.237 e. The van der Waals surface area contributed by atoms with Crippen molar-refractivity contribution in [2.45, 2.75) is 56.7 Å². The molecule has 4 heterocycles. The summed E-state index contributed by atoms with van der Waals surface area (Å²) < 4.78 is 0. The van der Waals surface area contributed by atoms with Crippen molar-refractivity contribution >= 4 is 64.5 Å². The zero-order chi connectivity index (χ0) is 27.8. The van der Waals surface area contributed by atoms with Gasteiger partial charge in [-0.2, -0.15) is 15.0 Å². The highest BCUT2D eigenvalue weighted by atomic mass is 35.5. The van der Waals surface area contributed by atoms with Crippen LogP contribution in [0, 0.1) is 0 Å². The van der Waals surface area contributed by atoms with E-state index in [1.54, 1.807) is 9.80 Å². The fraction of sp³-hybridized carbons (Fsp3) is 0.720. The molecule has 216 valence electrons. The van der Waals surface area contributed by atoms with Gasteiger partial charge < -0.3 is 30.7 Å². The zero-order valence-electron chi connectivity index (χ0n) is 22.2. The van der Waals surface area contributed by atoms with Gasteiger partial charge in [0.1, 0.15) is 11.8 Å². The molecule has 0 radical (unpaired) electrons. The SMILES string of the molecule is C=C(CCl)N1CCC(Nc2nc(NC3CCN(C(=O)CCl)CC3)nc(NC3CCN(C(=O)CCl)CC3)n2)CC1. The minimum atomic E-state index is -0.0345. The Labute approximate surface area is 245 Å². The second-order valence-electron chi connectivity index (χ2n) is 10.3. The summed E-state index contributed by atoms with van der Waals surface area (Å²) in [6.07, 6.45) is 5.00. The maximum atomic E-state index is 11.9.